The van der Waals surface area contributed by atoms with Gasteiger partial charge in [-0.1, -0.05) is 70.8 Å². The molecule has 53 heavy (non-hydrogen) atoms. The number of benzene rings is 2. The van der Waals surface area contributed by atoms with Crippen molar-refractivity contribution in [2.75, 3.05) is 12.3 Å². The minimum Gasteiger partial charge on any atom is -0.346 e. The van der Waals surface area contributed by atoms with Gasteiger partial charge in [0, 0.05) is 36.5 Å². The van der Waals surface area contributed by atoms with Crippen LogP contribution in [0.4, 0.5) is 0 Å². The molecule has 0 aliphatic carbocycles. The molecule has 8 bridgehead atoms. The summed E-state index contributed by atoms with van der Waals surface area (Å²) in [6, 6.07) is 34.2. The zero-order valence-electron chi connectivity index (χ0n) is 31.6. The van der Waals surface area contributed by atoms with Crippen LogP contribution in [-0.4, -0.2) is 58.9 Å². The van der Waals surface area contributed by atoms with Crippen LogP contribution in [0, 0.1) is 0 Å². The Kier molecular flexibility index (Phi) is 9.10. The SMILES string of the molecule is CC12CC3(C)OC(CC(C)(O1)C3(CP)c1cc(-c3ccccc3)[c-](-c3ccccc3)c1C1(CP)C3(C)CC4(C)OC(CC1(C)O4)O3)O2.[Fe+2].c1cc[cH-]c1. The molecule has 0 N–H and O–H groups in total. The van der Waals surface area contributed by atoms with E-state index in [0.29, 0.717) is 25.7 Å². The van der Waals surface area contributed by atoms with Crippen LogP contribution in [0.1, 0.15) is 78.4 Å². The van der Waals surface area contributed by atoms with Gasteiger partial charge in [-0.3, -0.25) is 0 Å². The van der Waals surface area contributed by atoms with E-state index in [9.17, 15) is 0 Å². The minimum atomic E-state index is -0.715. The Morgan fingerprint density at radius 2 is 1.13 bits per heavy atom. The fourth-order valence-electron chi connectivity index (χ4n) is 12.3. The van der Waals surface area contributed by atoms with Gasteiger partial charge in [-0.25, -0.2) is 12.1 Å². The van der Waals surface area contributed by atoms with Crippen molar-refractivity contribution < 1.29 is 45.5 Å². The summed E-state index contributed by atoms with van der Waals surface area (Å²) < 4.78 is 41.3. The molecule has 8 saturated heterocycles. The summed E-state index contributed by atoms with van der Waals surface area (Å²) in [7, 11) is 6.29. The third-order valence-corrected chi connectivity index (χ3v) is 15.0. The van der Waals surface area contributed by atoms with E-state index in [1.54, 1.807) is 0 Å². The zero-order chi connectivity index (χ0) is 36.4. The van der Waals surface area contributed by atoms with Gasteiger partial charge in [0.2, 0.25) is 0 Å². The molecule has 4 aromatic carbocycles. The molecule has 9 heteroatoms. The Hall–Kier alpha value is -1.72. The molecular formula is C44H52FeO6P2. The maximum absolute atomic E-state index is 7.22. The molecule has 12 unspecified atom stereocenters. The fraction of sp³-hybridized carbons (Fsp3) is 0.500. The van der Waals surface area contributed by atoms with Crippen LogP contribution in [0.3, 0.4) is 0 Å². The molecular weight excluding hydrogens is 742 g/mol. The molecule has 8 fully saturated rings. The van der Waals surface area contributed by atoms with Gasteiger partial charge >= 0.3 is 17.1 Å². The van der Waals surface area contributed by atoms with E-state index in [-0.39, 0.29) is 29.6 Å². The molecule has 0 radical (unpaired) electrons. The van der Waals surface area contributed by atoms with Crippen molar-refractivity contribution in [2.24, 2.45) is 0 Å². The van der Waals surface area contributed by atoms with Gasteiger partial charge in [-0.05, 0) is 53.9 Å². The third-order valence-electron chi connectivity index (χ3n) is 13.7. The Bertz CT molecular complexity index is 1900. The Balaban J connectivity index is 0.000000618. The first-order valence-corrected chi connectivity index (χ1v) is 20.5. The van der Waals surface area contributed by atoms with Gasteiger partial charge in [0.25, 0.3) is 0 Å². The predicted octanol–water partition coefficient (Wildman–Crippen LogP) is 9.23. The van der Waals surface area contributed by atoms with Crippen molar-refractivity contribution in [3.05, 3.63) is 108 Å². The smallest absolute Gasteiger partial charge is 0.346 e. The quantitative estimate of drug-likeness (QED) is 0.110. The Morgan fingerprint density at radius 1 is 0.642 bits per heavy atom. The topological polar surface area (TPSA) is 55.4 Å². The second-order valence-corrected chi connectivity index (χ2v) is 17.9. The van der Waals surface area contributed by atoms with Gasteiger partial charge in [0.05, 0.1) is 22.4 Å². The van der Waals surface area contributed by atoms with Crippen molar-refractivity contribution in [1.82, 2.24) is 0 Å². The maximum atomic E-state index is 7.22. The average molecular weight is 795 g/mol. The fourth-order valence-corrected chi connectivity index (χ4v) is 14.4. The largest absolute Gasteiger partial charge is 2.00 e. The summed E-state index contributed by atoms with van der Waals surface area (Å²) in [5.41, 5.74) is 4.01. The number of rotatable bonds is 6. The molecule has 12 rings (SSSR count). The van der Waals surface area contributed by atoms with Crippen LogP contribution < -0.4 is 0 Å². The predicted molar refractivity (Wildman–Crippen MR) is 210 cm³/mol. The second kappa shape index (κ2) is 12.6. The molecule has 0 amide bonds. The first-order chi connectivity index (χ1) is 24.7. The molecule has 4 aromatic rings. The molecule has 0 spiro atoms. The average Bonchev–Trinajstić information content (AvgIpc) is 3.77. The van der Waals surface area contributed by atoms with E-state index in [0.717, 1.165) is 12.3 Å². The van der Waals surface area contributed by atoms with Crippen molar-refractivity contribution in [3.63, 3.8) is 0 Å². The van der Waals surface area contributed by atoms with Crippen molar-refractivity contribution in [2.45, 2.75) is 125 Å². The number of ether oxygens (including phenoxy) is 6. The van der Waals surface area contributed by atoms with Gasteiger partial charge < -0.3 is 28.4 Å². The van der Waals surface area contributed by atoms with Crippen molar-refractivity contribution in [3.8, 4) is 22.3 Å². The second-order valence-electron chi connectivity index (χ2n) is 17.1. The third kappa shape index (κ3) is 5.12. The first-order valence-electron chi connectivity index (χ1n) is 18.9. The van der Waals surface area contributed by atoms with Crippen LogP contribution in [0.2, 0.25) is 0 Å². The van der Waals surface area contributed by atoms with Crippen LogP contribution in [0.5, 0.6) is 0 Å². The Morgan fingerprint density at radius 3 is 1.57 bits per heavy atom. The van der Waals surface area contributed by atoms with Gasteiger partial charge in [-0.2, -0.15) is 18.2 Å². The summed E-state index contributed by atoms with van der Waals surface area (Å²) in [4.78, 5) is 0. The molecule has 0 saturated carbocycles. The van der Waals surface area contributed by atoms with Gasteiger partial charge in [0.1, 0.15) is 0 Å². The number of hydrogen-bond donors (Lipinski definition) is 0. The minimum absolute atomic E-state index is 0. The molecule has 8 aliphatic rings. The maximum Gasteiger partial charge on any atom is 2.00 e. The summed E-state index contributed by atoms with van der Waals surface area (Å²) in [6.45, 7) is 13.4. The normalized spacial score (nSPS) is 42.9. The summed E-state index contributed by atoms with van der Waals surface area (Å²) in [5, 5.41) is 0. The molecule has 8 aliphatic heterocycles. The summed E-state index contributed by atoms with van der Waals surface area (Å²) in [5.74, 6) is -1.42. The first kappa shape index (κ1) is 38.2. The van der Waals surface area contributed by atoms with Gasteiger partial charge in [-0.15, -0.1) is 47.8 Å². The molecule has 12 atom stereocenters. The molecule has 6 nitrogen and oxygen atoms in total. The van der Waals surface area contributed by atoms with Crippen LogP contribution in [-0.2, 0) is 56.3 Å². The number of hydrogen-bond acceptors (Lipinski definition) is 6. The molecule has 0 aromatic heterocycles. The zero-order valence-corrected chi connectivity index (χ0v) is 35.0. The standard InChI is InChI=1S/C39H47O6P2.C5H5.Fe/c1-32-18-28-40-34(3,20-36(5,42-28)44-32)38(32,22-46)27-17-26(24-13-9-7-10-14-24)30(25-15-11-8-12-16-25)31(27)39(23-47)33(2)19-29-41-35(39,4)21-37(6,43-29)45-33;1-2-4-5-3-1;/h7-17,28-29H,18-23,46-47H2,1-6H3;1-5H;/q2*-1;+2. The van der Waals surface area contributed by atoms with E-state index in [1.807, 2.05) is 30.3 Å². The van der Waals surface area contributed by atoms with Crippen LogP contribution in [0.25, 0.3) is 22.3 Å². The van der Waals surface area contributed by atoms with E-state index in [4.69, 9.17) is 28.4 Å². The molecule has 8 heterocycles. The summed E-state index contributed by atoms with van der Waals surface area (Å²) in [6.07, 6.45) is 3.45. The monoisotopic (exact) mass is 794 g/mol. The van der Waals surface area contributed by atoms with E-state index in [1.165, 1.54) is 33.4 Å². The Labute approximate surface area is 330 Å². The van der Waals surface area contributed by atoms with E-state index < -0.39 is 44.8 Å². The van der Waals surface area contributed by atoms with Crippen LogP contribution in [0.15, 0.2) is 97.1 Å². The van der Waals surface area contributed by atoms with Crippen molar-refractivity contribution >= 4 is 18.5 Å². The summed E-state index contributed by atoms with van der Waals surface area (Å²) >= 11 is 0. The van der Waals surface area contributed by atoms with Gasteiger partial charge in [0.15, 0.2) is 24.2 Å². The molecule has 282 valence electrons. The van der Waals surface area contributed by atoms with Crippen LogP contribution >= 0.6 is 18.5 Å². The van der Waals surface area contributed by atoms with E-state index in [2.05, 4.69) is 127 Å². The van der Waals surface area contributed by atoms with E-state index >= 15 is 0 Å². The van der Waals surface area contributed by atoms with Crippen molar-refractivity contribution in [1.29, 1.82) is 0 Å².